The Hall–Kier alpha value is -2.36. The molecule has 0 fully saturated rings. The van der Waals surface area contributed by atoms with Gasteiger partial charge in [0.05, 0.1) is 11.1 Å². The number of para-hydroxylation sites is 1. The number of carbonyl (C=O) groups excluding carboxylic acids is 1. The van der Waals surface area contributed by atoms with Crippen molar-refractivity contribution in [2.24, 2.45) is 0 Å². The lowest BCUT2D eigenvalue weighted by Crippen LogP contribution is -2.35. The van der Waals surface area contributed by atoms with Crippen LogP contribution in [0.1, 0.15) is 19.4 Å². The highest BCUT2D eigenvalue weighted by atomic mass is 19.1. The normalized spacial score (nSPS) is 11.2. The van der Waals surface area contributed by atoms with Crippen molar-refractivity contribution in [3.63, 3.8) is 0 Å². The van der Waals surface area contributed by atoms with E-state index in [2.05, 4.69) is 5.32 Å². The van der Waals surface area contributed by atoms with Crippen LogP contribution in [0.5, 0.6) is 0 Å². The van der Waals surface area contributed by atoms with Gasteiger partial charge in [0.1, 0.15) is 5.82 Å². The smallest absolute Gasteiger partial charge is 0.234 e. The van der Waals surface area contributed by atoms with Crippen LogP contribution in [-0.4, -0.2) is 5.91 Å². The van der Waals surface area contributed by atoms with Crippen LogP contribution in [0.15, 0.2) is 48.5 Å². The average molecular weight is 272 g/mol. The van der Waals surface area contributed by atoms with Crippen molar-refractivity contribution in [3.05, 3.63) is 59.9 Å². The van der Waals surface area contributed by atoms with Gasteiger partial charge in [-0.1, -0.05) is 24.3 Å². The number of nitrogens with one attached hydrogen (secondary N) is 1. The summed E-state index contributed by atoms with van der Waals surface area (Å²) in [6.07, 6.45) is 0. The van der Waals surface area contributed by atoms with Gasteiger partial charge in [0.15, 0.2) is 0 Å². The number of rotatable bonds is 3. The Kier molecular flexibility index (Phi) is 3.74. The fourth-order valence-electron chi connectivity index (χ4n) is 1.87. The van der Waals surface area contributed by atoms with Gasteiger partial charge in [-0.15, -0.1) is 0 Å². The van der Waals surface area contributed by atoms with Crippen molar-refractivity contribution in [1.29, 1.82) is 0 Å². The van der Waals surface area contributed by atoms with Crippen LogP contribution in [0, 0.1) is 5.82 Å². The second-order valence-corrected chi connectivity index (χ2v) is 5.18. The van der Waals surface area contributed by atoms with Crippen LogP contribution in [0.3, 0.4) is 0 Å². The van der Waals surface area contributed by atoms with E-state index >= 15 is 0 Å². The number of amides is 1. The molecule has 0 unspecified atom stereocenters. The molecule has 2 aromatic carbocycles. The van der Waals surface area contributed by atoms with E-state index in [1.165, 1.54) is 12.1 Å². The highest BCUT2D eigenvalue weighted by Gasteiger charge is 2.30. The Labute approximate surface area is 117 Å². The molecular formula is C16H17FN2O. The largest absolute Gasteiger partial charge is 0.399 e. The molecular weight excluding hydrogens is 255 g/mol. The molecule has 104 valence electrons. The highest BCUT2D eigenvalue weighted by molar-refractivity contribution is 5.98. The first-order valence-corrected chi connectivity index (χ1v) is 6.33. The Morgan fingerprint density at radius 3 is 2.30 bits per heavy atom. The zero-order valence-electron chi connectivity index (χ0n) is 11.5. The molecule has 0 aliphatic rings. The predicted octanol–water partition coefficient (Wildman–Crippen LogP) is 3.32. The molecule has 0 aliphatic heterocycles. The van der Waals surface area contributed by atoms with E-state index in [-0.39, 0.29) is 11.6 Å². The van der Waals surface area contributed by atoms with Crippen LogP contribution in [0.25, 0.3) is 0 Å². The van der Waals surface area contributed by atoms with Gasteiger partial charge in [0.2, 0.25) is 5.91 Å². The summed E-state index contributed by atoms with van der Waals surface area (Å²) in [7, 11) is 0. The molecule has 0 saturated carbocycles. The summed E-state index contributed by atoms with van der Waals surface area (Å²) in [4.78, 5) is 12.4. The summed E-state index contributed by atoms with van der Waals surface area (Å²) < 4.78 is 13.6. The molecule has 3 N–H and O–H groups in total. The number of hydrogen-bond donors (Lipinski definition) is 2. The third-order valence-electron chi connectivity index (χ3n) is 3.32. The molecule has 0 heterocycles. The summed E-state index contributed by atoms with van der Waals surface area (Å²) in [5, 5.41) is 2.62. The maximum absolute atomic E-state index is 13.6. The number of carbonyl (C=O) groups is 1. The quantitative estimate of drug-likeness (QED) is 0.842. The number of nitrogens with two attached hydrogens (primary N) is 1. The first kappa shape index (κ1) is 14.1. The van der Waals surface area contributed by atoms with Crippen LogP contribution >= 0.6 is 0 Å². The number of nitrogen functional groups attached to an aromatic ring is 1. The molecule has 4 heteroatoms. The van der Waals surface area contributed by atoms with Crippen molar-refractivity contribution in [1.82, 2.24) is 0 Å². The molecule has 2 aromatic rings. The SMILES string of the molecule is CC(C)(C(=O)Nc1ccccc1F)c1ccc(N)cc1. The molecule has 0 bridgehead atoms. The van der Waals surface area contributed by atoms with Gasteiger partial charge < -0.3 is 11.1 Å². The van der Waals surface area contributed by atoms with E-state index in [9.17, 15) is 9.18 Å². The van der Waals surface area contributed by atoms with Crippen LogP contribution in [-0.2, 0) is 10.2 Å². The molecule has 20 heavy (non-hydrogen) atoms. The molecule has 0 aromatic heterocycles. The fourth-order valence-corrected chi connectivity index (χ4v) is 1.87. The van der Waals surface area contributed by atoms with Gasteiger partial charge in [0.25, 0.3) is 0 Å². The number of halogens is 1. The Balaban J connectivity index is 2.23. The maximum atomic E-state index is 13.6. The molecule has 0 spiro atoms. The zero-order chi connectivity index (χ0) is 14.8. The van der Waals surface area contributed by atoms with Gasteiger partial charge in [-0.3, -0.25) is 4.79 Å². The molecule has 0 radical (unpaired) electrons. The van der Waals surface area contributed by atoms with Crippen molar-refractivity contribution in [2.45, 2.75) is 19.3 Å². The fraction of sp³-hybridized carbons (Fsp3) is 0.188. The molecule has 2 rings (SSSR count). The van der Waals surface area contributed by atoms with Gasteiger partial charge in [-0.05, 0) is 43.7 Å². The minimum Gasteiger partial charge on any atom is -0.399 e. The summed E-state index contributed by atoms with van der Waals surface area (Å²) >= 11 is 0. The maximum Gasteiger partial charge on any atom is 0.234 e. The van der Waals surface area contributed by atoms with E-state index in [4.69, 9.17) is 5.73 Å². The second-order valence-electron chi connectivity index (χ2n) is 5.18. The van der Waals surface area contributed by atoms with Crippen molar-refractivity contribution in [2.75, 3.05) is 11.1 Å². The summed E-state index contributed by atoms with van der Waals surface area (Å²) in [6.45, 7) is 3.57. The standard InChI is InChI=1S/C16H17FN2O/c1-16(2,11-7-9-12(18)10-8-11)15(20)19-14-6-4-3-5-13(14)17/h3-10H,18H2,1-2H3,(H,19,20). The zero-order valence-corrected chi connectivity index (χ0v) is 11.5. The van der Waals surface area contributed by atoms with Gasteiger partial charge >= 0.3 is 0 Å². The predicted molar refractivity (Wildman–Crippen MR) is 78.9 cm³/mol. The second kappa shape index (κ2) is 5.33. The van der Waals surface area contributed by atoms with E-state index in [0.29, 0.717) is 5.69 Å². The minimum absolute atomic E-state index is 0.182. The van der Waals surface area contributed by atoms with Crippen LogP contribution in [0.2, 0.25) is 0 Å². The van der Waals surface area contributed by atoms with E-state index in [0.717, 1.165) is 5.56 Å². The van der Waals surface area contributed by atoms with Gasteiger partial charge in [0, 0.05) is 5.69 Å². The Bertz CT molecular complexity index is 621. The number of hydrogen-bond acceptors (Lipinski definition) is 2. The van der Waals surface area contributed by atoms with E-state index in [1.807, 2.05) is 0 Å². The average Bonchev–Trinajstić information content (AvgIpc) is 2.41. The lowest BCUT2D eigenvalue weighted by molar-refractivity contribution is -0.120. The topological polar surface area (TPSA) is 55.1 Å². The van der Waals surface area contributed by atoms with Gasteiger partial charge in [-0.2, -0.15) is 0 Å². The van der Waals surface area contributed by atoms with Crippen molar-refractivity contribution >= 4 is 17.3 Å². The molecule has 1 amide bonds. The number of anilines is 2. The minimum atomic E-state index is -0.782. The van der Waals surface area contributed by atoms with Crippen LogP contribution < -0.4 is 11.1 Å². The Morgan fingerprint density at radius 1 is 1.10 bits per heavy atom. The summed E-state index contributed by atoms with van der Waals surface area (Å²) in [6, 6.07) is 13.2. The highest BCUT2D eigenvalue weighted by Crippen LogP contribution is 2.26. The summed E-state index contributed by atoms with van der Waals surface area (Å²) in [5.41, 5.74) is 6.50. The molecule has 3 nitrogen and oxygen atoms in total. The summed E-state index contributed by atoms with van der Waals surface area (Å²) in [5.74, 6) is -0.721. The van der Waals surface area contributed by atoms with Crippen LogP contribution in [0.4, 0.5) is 15.8 Å². The third kappa shape index (κ3) is 2.79. The number of benzene rings is 2. The van der Waals surface area contributed by atoms with E-state index < -0.39 is 11.2 Å². The lowest BCUT2D eigenvalue weighted by atomic mass is 9.83. The lowest BCUT2D eigenvalue weighted by Gasteiger charge is -2.24. The van der Waals surface area contributed by atoms with Gasteiger partial charge in [-0.25, -0.2) is 4.39 Å². The molecule has 0 atom stereocenters. The Morgan fingerprint density at radius 2 is 1.70 bits per heavy atom. The molecule has 0 saturated heterocycles. The van der Waals surface area contributed by atoms with E-state index in [1.54, 1.807) is 50.2 Å². The first-order chi connectivity index (χ1) is 9.41. The first-order valence-electron chi connectivity index (χ1n) is 6.33. The third-order valence-corrected chi connectivity index (χ3v) is 3.32. The molecule has 0 aliphatic carbocycles. The van der Waals surface area contributed by atoms with Crippen molar-refractivity contribution in [3.8, 4) is 0 Å². The monoisotopic (exact) mass is 272 g/mol. The van der Waals surface area contributed by atoms with Crippen molar-refractivity contribution < 1.29 is 9.18 Å².